The normalized spacial score (nSPS) is 18.5. The number of para-hydroxylation sites is 1. The van der Waals surface area contributed by atoms with Gasteiger partial charge in [-0.3, -0.25) is 20.4 Å². The third-order valence-corrected chi connectivity index (χ3v) is 4.78. The zero-order valence-electron chi connectivity index (χ0n) is 14.1. The van der Waals surface area contributed by atoms with Crippen LogP contribution in [0.25, 0.3) is 11.0 Å². The van der Waals surface area contributed by atoms with E-state index in [1.165, 1.54) is 6.07 Å². The van der Waals surface area contributed by atoms with Crippen LogP contribution in [0.1, 0.15) is 34.0 Å². The van der Waals surface area contributed by atoms with E-state index >= 15 is 0 Å². The minimum Gasteiger partial charge on any atom is -0.451 e. The molecule has 6 heteroatoms. The minimum atomic E-state index is -0.518. The van der Waals surface area contributed by atoms with Crippen molar-refractivity contribution in [2.75, 3.05) is 0 Å². The number of hydrogen-bond donors (Lipinski definition) is 2. The van der Waals surface area contributed by atoms with E-state index in [4.69, 9.17) is 4.42 Å². The second kappa shape index (κ2) is 6.29. The van der Waals surface area contributed by atoms with E-state index < -0.39 is 5.91 Å². The summed E-state index contributed by atoms with van der Waals surface area (Å²) in [6.45, 7) is 1.79. The lowest BCUT2D eigenvalue weighted by Crippen LogP contribution is -2.42. The van der Waals surface area contributed by atoms with E-state index in [2.05, 4.69) is 10.9 Å². The Morgan fingerprint density at radius 3 is 2.58 bits per heavy atom. The Kier molecular flexibility index (Phi) is 3.95. The molecule has 2 aromatic carbocycles. The van der Waals surface area contributed by atoms with E-state index in [0.717, 1.165) is 5.39 Å². The van der Waals surface area contributed by atoms with E-state index in [0.29, 0.717) is 23.1 Å². The summed E-state index contributed by atoms with van der Waals surface area (Å²) in [5.74, 6) is -1.50. The van der Waals surface area contributed by atoms with Crippen LogP contribution in [0.4, 0.5) is 4.39 Å². The quantitative estimate of drug-likeness (QED) is 0.709. The van der Waals surface area contributed by atoms with Gasteiger partial charge in [-0.15, -0.1) is 0 Å². The average Bonchev–Trinajstić information content (AvgIpc) is 3.38. The zero-order chi connectivity index (χ0) is 18.3. The van der Waals surface area contributed by atoms with Crippen LogP contribution < -0.4 is 10.9 Å². The Morgan fingerprint density at radius 1 is 1.08 bits per heavy atom. The summed E-state index contributed by atoms with van der Waals surface area (Å²) < 4.78 is 19.3. The zero-order valence-corrected chi connectivity index (χ0v) is 14.1. The fourth-order valence-corrected chi connectivity index (χ4v) is 3.26. The minimum absolute atomic E-state index is 0.152. The highest BCUT2D eigenvalue weighted by Gasteiger charge is 2.45. The molecular formula is C20H17FN2O3. The van der Waals surface area contributed by atoms with Crippen molar-refractivity contribution in [3.63, 3.8) is 0 Å². The second-order valence-corrected chi connectivity index (χ2v) is 6.47. The molecule has 3 aromatic rings. The summed E-state index contributed by atoms with van der Waals surface area (Å²) in [6, 6.07) is 13.8. The average molecular weight is 352 g/mol. The lowest BCUT2D eigenvalue weighted by Gasteiger charge is -2.06. The summed E-state index contributed by atoms with van der Waals surface area (Å²) in [7, 11) is 0. The van der Waals surface area contributed by atoms with Crippen molar-refractivity contribution in [3.8, 4) is 0 Å². The fraction of sp³-hybridized carbons (Fsp3) is 0.200. The molecule has 26 heavy (non-hydrogen) atoms. The second-order valence-electron chi connectivity index (χ2n) is 6.47. The number of nitrogens with one attached hydrogen (secondary N) is 2. The number of carbonyl (C=O) groups is 2. The van der Waals surface area contributed by atoms with E-state index in [1.54, 1.807) is 31.2 Å². The third-order valence-electron chi connectivity index (χ3n) is 4.78. The van der Waals surface area contributed by atoms with Gasteiger partial charge in [0.05, 0.1) is 0 Å². The molecule has 132 valence electrons. The molecule has 0 bridgehead atoms. The Bertz CT molecular complexity index is 1010. The molecule has 4 rings (SSSR count). The van der Waals surface area contributed by atoms with Crippen LogP contribution in [0.5, 0.6) is 0 Å². The highest BCUT2D eigenvalue weighted by atomic mass is 19.1. The van der Waals surface area contributed by atoms with Crippen LogP contribution in [-0.2, 0) is 4.79 Å². The van der Waals surface area contributed by atoms with Crippen molar-refractivity contribution in [3.05, 3.63) is 71.2 Å². The maximum atomic E-state index is 13.8. The summed E-state index contributed by atoms with van der Waals surface area (Å²) in [5, 5.41) is 0.853. The number of aryl methyl sites for hydroxylation is 1. The van der Waals surface area contributed by atoms with Crippen molar-refractivity contribution >= 4 is 22.8 Å². The van der Waals surface area contributed by atoms with Gasteiger partial charge in [0, 0.05) is 16.9 Å². The molecule has 0 saturated heterocycles. The van der Waals surface area contributed by atoms with Gasteiger partial charge in [-0.25, -0.2) is 4.39 Å². The standard InChI is InChI=1S/C20H17FN2O3/c1-11-12-6-3-5-9-17(12)26-18(11)20(25)23-22-19(24)15-10-14(15)13-7-2-4-8-16(13)21/h2-9,14-15H,10H2,1H3,(H,22,24)(H,23,25)/t14-,15-/m1/s1. The van der Waals surface area contributed by atoms with Gasteiger partial charge in [-0.1, -0.05) is 36.4 Å². The molecule has 5 nitrogen and oxygen atoms in total. The molecule has 0 unspecified atom stereocenters. The maximum Gasteiger partial charge on any atom is 0.305 e. The number of amides is 2. The third kappa shape index (κ3) is 2.83. The topological polar surface area (TPSA) is 71.3 Å². The monoisotopic (exact) mass is 352 g/mol. The molecule has 1 aliphatic rings. The van der Waals surface area contributed by atoms with Crippen LogP contribution in [0, 0.1) is 18.7 Å². The lowest BCUT2D eigenvalue weighted by atomic mass is 10.1. The molecular weight excluding hydrogens is 335 g/mol. The highest BCUT2D eigenvalue weighted by molar-refractivity contribution is 5.99. The molecule has 2 amide bonds. The number of benzene rings is 2. The Balaban J connectivity index is 1.40. The first-order valence-corrected chi connectivity index (χ1v) is 8.39. The Hall–Kier alpha value is -3.15. The van der Waals surface area contributed by atoms with Gasteiger partial charge in [-0.05, 0) is 37.0 Å². The summed E-state index contributed by atoms with van der Waals surface area (Å²) >= 11 is 0. The smallest absolute Gasteiger partial charge is 0.305 e. The number of furan rings is 1. The molecule has 1 saturated carbocycles. The van der Waals surface area contributed by atoms with E-state index in [-0.39, 0.29) is 29.3 Å². The number of rotatable bonds is 3. The maximum absolute atomic E-state index is 13.8. The number of hydrogen-bond acceptors (Lipinski definition) is 3. The molecule has 2 N–H and O–H groups in total. The first-order chi connectivity index (χ1) is 12.6. The lowest BCUT2D eigenvalue weighted by molar-refractivity contribution is -0.123. The fourth-order valence-electron chi connectivity index (χ4n) is 3.26. The first-order valence-electron chi connectivity index (χ1n) is 8.39. The number of fused-ring (bicyclic) bond motifs is 1. The SMILES string of the molecule is Cc1c(C(=O)NNC(=O)[C@@H]2C[C@@H]2c2ccccc2F)oc2ccccc12. The van der Waals surface area contributed by atoms with Gasteiger partial charge in [0.2, 0.25) is 5.91 Å². The van der Waals surface area contributed by atoms with Gasteiger partial charge in [0.15, 0.2) is 5.76 Å². The molecule has 1 fully saturated rings. The Labute approximate surface area is 149 Å². The van der Waals surface area contributed by atoms with Crippen molar-refractivity contribution < 1.29 is 18.4 Å². The van der Waals surface area contributed by atoms with Crippen LogP contribution in [0.15, 0.2) is 52.9 Å². The molecule has 1 heterocycles. The predicted octanol–water partition coefficient (Wildman–Crippen LogP) is 3.45. The molecule has 1 aliphatic carbocycles. The largest absolute Gasteiger partial charge is 0.451 e. The highest BCUT2D eigenvalue weighted by Crippen LogP contribution is 2.48. The van der Waals surface area contributed by atoms with Crippen LogP contribution >= 0.6 is 0 Å². The number of carbonyl (C=O) groups excluding carboxylic acids is 2. The first kappa shape index (κ1) is 16.3. The van der Waals surface area contributed by atoms with Gasteiger partial charge in [0.25, 0.3) is 0 Å². The van der Waals surface area contributed by atoms with Gasteiger partial charge >= 0.3 is 5.91 Å². The van der Waals surface area contributed by atoms with Crippen LogP contribution in [-0.4, -0.2) is 11.8 Å². The van der Waals surface area contributed by atoms with Gasteiger partial charge in [-0.2, -0.15) is 0 Å². The number of halogens is 1. The molecule has 0 radical (unpaired) electrons. The molecule has 1 aromatic heterocycles. The van der Waals surface area contributed by atoms with Crippen molar-refractivity contribution in [2.24, 2.45) is 5.92 Å². The summed E-state index contributed by atoms with van der Waals surface area (Å²) in [6.07, 6.45) is 0.562. The van der Waals surface area contributed by atoms with E-state index in [9.17, 15) is 14.0 Å². The van der Waals surface area contributed by atoms with Crippen LogP contribution in [0.2, 0.25) is 0 Å². The summed E-state index contributed by atoms with van der Waals surface area (Å²) in [4.78, 5) is 24.5. The molecule has 0 spiro atoms. The van der Waals surface area contributed by atoms with Crippen molar-refractivity contribution in [2.45, 2.75) is 19.3 Å². The number of hydrazine groups is 1. The Morgan fingerprint density at radius 2 is 1.81 bits per heavy atom. The molecule has 0 aliphatic heterocycles. The van der Waals surface area contributed by atoms with Crippen molar-refractivity contribution in [1.29, 1.82) is 0 Å². The van der Waals surface area contributed by atoms with Crippen molar-refractivity contribution in [1.82, 2.24) is 10.9 Å². The summed E-state index contributed by atoms with van der Waals surface area (Å²) in [5.41, 5.74) is 6.65. The van der Waals surface area contributed by atoms with Crippen LogP contribution in [0.3, 0.4) is 0 Å². The predicted molar refractivity (Wildman–Crippen MR) is 93.8 cm³/mol. The van der Waals surface area contributed by atoms with E-state index in [1.807, 2.05) is 18.2 Å². The van der Waals surface area contributed by atoms with Gasteiger partial charge < -0.3 is 4.42 Å². The van der Waals surface area contributed by atoms with Gasteiger partial charge in [0.1, 0.15) is 11.4 Å². The molecule has 2 atom stereocenters.